The van der Waals surface area contributed by atoms with Crippen molar-refractivity contribution >= 4 is 58.1 Å². The minimum atomic E-state index is -0.481. The molecule has 1 amide bonds. The van der Waals surface area contributed by atoms with Gasteiger partial charge < -0.3 is 9.64 Å². The topological polar surface area (TPSA) is 71.5 Å². The van der Waals surface area contributed by atoms with Crippen LogP contribution in [-0.2, 0) is 11.3 Å². The Morgan fingerprint density at radius 2 is 1.75 bits per heavy atom. The Bertz CT molecular complexity index is 1130. The molecule has 3 rings (SSSR count). The molecule has 1 N–H and O–H groups in total. The average Bonchev–Trinajstić information content (AvgIpc) is 2.80. The molecule has 3 aromatic rings. The summed E-state index contributed by atoms with van der Waals surface area (Å²) in [6.07, 6.45) is 3.34. The maximum Gasteiger partial charge on any atom is 0.338 e. The second kappa shape index (κ2) is 11.0. The molecule has 0 fully saturated rings. The molecule has 0 aliphatic rings. The van der Waals surface area contributed by atoms with Crippen molar-refractivity contribution in [2.75, 3.05) is 11.5 Å². The molecule has 1 heterocycles. The van der Waals surface area contributed by atoms with Crippen LogP contribution in [0.4, 0.5) is 5.69 Å². The van der Waals surface area contributed by atoms with Gasteiger partial charge >= 0.3 is 5.97 Å². The van der Waals surface area contributed by atoms with Crippen molar-refractivity contribution in [2.24, 2.45) is 0 Å². The van der Waals surface area contributed by atoms with Crippen molar-refractivity contribution in [3.63, 3.8) is 0 Å². The highest BCUT2D eigenvalue weighted by molar-refractivity contribution is 7.80. The number of hydrogen-bond acceptors (Lipinski definition) is 5. The molecule has 0 saturated heterocycles. The maximum absolute atomic E-state index is 12.8. The van der Waals surface area contributed by atoms with Gasteiger partial charge in [0.15, 0.2) is 5.11 Å². The second-order valence-electron chi connectivity index (χ2n) is 6.59. The zero-order valence-electron chi connectivity index (χ0n) is 17.0. The third-order valence-corrected chi connectivity index (χ3v) is 5.31. The van der Waals surface area contributed by atoms with E-state index in [2.05, 4.69) is 10.3 Å². The van der Waals surface area contributed by atoms with Gasteiger partial charge in [0, 0.05) is 23.1 Å². The van der Waals surface area contributed by atoms with Crippen molar-refractivity contribution in [1.82, 2.24) is 10.3 Å². The summed E-state index contributed by atoms with van der Waals surface area (Å²) in [7, 11) is 0. The van der Waals surface area contributed by atoms with E-state index in [4.69, 9.17) is 40.2 Å². The smallest absolute Gasteiger partial charge is 0.338 e. The summed E-state index contributed by atoms with van der Waals surface area (Å²) >= 11 is 17.7. The molecule has 1 aromatic heterocycles. The molecule has 0 aliphatic heterocycles. The number of ether oxygens (including phenoxy) is 1. The summed E-state index contributed by atoms with van der Waals surface area (Å²) in [5.74, 6) is -0.892. The summed E-state index contributed by atoms with van der Waals surface area (Å²) in [5.41, 5.74) is 2.23. The highest BCUT2D eigenvalue weighted by Crippen LogP contribution is 2.22. The molecule has 32 heavy (non-hydrogen) atoms. The van der Waals surface area contributed by atoms with Gasteiger partial charge in [-0.3, -0.25) is 15.1 Å². The average molecular weight is 488 g/mol. The molecule has 9 heteroatoms. The minimum Gasteiger partial charge on any atom is -0.462 e. The van der Waals surface area contributed by atoms with Crippen LogP contribution in [0.1, 0.15) is 33.2 Å². The van der Waals surface area contributed by atoms with Crippen LogP contribution >= 0.6 is 35.4 Å². The molecule has 6 nitrogen and oxygen atoms in total. The Kier molecular flexibility index (Phi) is 8.16. The number of halogens is 2. The Balaban J connectivity index is 1.87. The lowest BCUT2D eigenvalue weighted by molar-refractivity contribution is 0.0526. The third kappa shape index (κ3) is 6.03. The molecule has 0 radical (unpaired) electrons. The van der Waals surface area contributed by atoms with Crippen LogP contribution in [-0.4, -0.2) is 28.6 Å². The normalized spacial score (nSPS) is 10.3. The number of nitrogens with zero attached hydrogens (tertiary/aromatic N) is 2. The molecule has 0 saturated carbocycles. The fourth-order valence-electron chi connectivity index (χ4n) is 2.85. The van der Waals surface area contributed by atoms with Crippen molar-refractivity contribution in [3.05, 3.63) is 93.7 Å². The summed E-state index contributed by atoms with van der Waals surface area (Å²) in [4.78, 5) is 30.5. The summed E-state index contributed by atoms with van der Waals surface area (Å²) < 4.78 is 5.03. The fraction of sp³-hybridized carbons (Fsp3) is 0.130. The van der Waals surface area contributed by atoms with Crippen LogP contribution < -0.4 is 10.2 Å². The number of pyridine rings is 1. The first-order chi connectivity index (χ1) is 15.4. The van der Waals surface area contributed by atoms with Crippen molar-refractivity contribution in [2.45, 2.75) is 13.5 Å². The monoisotopic (exact) mass is 487 g/mol. The fourth-order valence-corrected chi connectivity index (χ4v) is 3.48. The molecule has 0 spiro atoms. The molecule has 2 aromatic carbocycles. The van der Waals surface area contributed by atoms with E-state index >= 15 is 0 Å². The minimum absolute atomic E-state index is 0.159. The number of aromatic nitrogens is 1. The predicted molar refractivity (Wildman–Crippen MR) is 129 cm³/mol. The van der Waals surface area contributed by atoms with Gasteiger partial charge in [0.25, 0.3) is 5.91 Å². The van der Waals surface area contributed by atoms with Crippen molar-refractivity contribution in [3.8, 4) is 0 Å². The Labute approximate surface area is 201 Å². The lowest BCUT2D eigenvalue weighted by Gasteiger charge is -2.26. The summed E-state index contributed by atoms with van der Waals surface area (Å²) in [6.45, 7) is 2.40. The number of hydrogen-bond donors (Lipinski definition) is 1. The predicted octanol–water partition coefficient (Wildman–Crippen LogP) is 5.29. The standard InChI is InChI=1S/C23H19Cl2N3O3S/c1-2-31-22(30)16-3-6-18(7-4-16)28(14-15-9-11-26-12-10-15)23(32)27-21(29)19-13-17(24)5-8-20(19)25/h3-13H,2,14H2,1H3,(H,27,29,32). The molecule has 0 bridgehead atoms. The highest BCUT2D eigenvalue weighted by Gasteiger charge is 2.19. The lowest BCUT2D eigenvalue weighted by atomic mass is 10.1. The van der Waals surface area contributed by atoms with Gasteiger partial charge in [-0.2, -0.15) is 0 Å². The quantitative estimate of drug-likeness (QED) is 0.376. The molecule has 0 atom stereocenters. The van der Waals surface area contributed by atoms with Crippen molar-refractivity contribution in [1.29, 1.82) is 0 Å². The number of carbonyl (C=O) groups excluding carboxylic acids is 2. The largest absolute Gasteiger partial charge is 0.462 e. The molecule has 0 aliphatic carbocycles. The number of benzene rings is 2. The van der Waals surface area contributed by atoms with E-state index in [1.165, 1.54) is 6.07 Å². The van der Waals surface area contributed by atoms with E-state index in [9.17, 15) is 9.59 Å². The van der Waals surface area contributed by atoms with Crippen LogP contribution in [0.25, 0.3) is 0 Å². The third-order valence-electron chi connectivity index (χ3n) is 4.42. The van der Waals surface area contributed by atoms with E-state index in [0.717, 1.165) is 5.56 Å². The van der Waals surface area contributed by atoms with Gasteiger partial charge in [0.05, 0.1) is 29.3 Å². The number of nitrogens with one attached hydrogen (secondary N) is 1. The Morgan fingerprint density at radius 1 is 1.06 bits per heavy atom. The Hall–Kier alpha value is -3.00. The van der Waals surface area contributed by atoms with Gasteiger partial charge in [-0.05, 0) is 79.3 Å². The molecule has 0 unspecified atom stereocenters. The van der Waals surface area contributed by atoms with Gasteiger partial charge in [0.1, 0.15) is 0 Å². The van der Waals surface area contributed by atoms with Crippen molar-refractivity contribution < 1.29 is 14.3 Å². The number of rotatable bonds is 6. The number of carbonyl (C=O) groups is 2. The maximum atomic E-state index is 12.8. The van der Waals surface area contributed by atoms with E-state index in [1.54, 1.807) is 60.6 Å². The summed E-state index contributed by atoms with van der Waals surface area (Å²) in [6, 6.07) is 15.1. The first kappa shape index (κ1) is 23.7. The summed E-state index contributed by atoms with van der Waals surface area (Å²) in [5, 5.41) is 3.51. The van der Waals surface area contributed by atoms with Crippen LogP contribution in [0, 0.1) is 0 Å². The first-order valence-corrected chi connectivity index (χ1v) is 10.8. The van der Waals surface area contributed by atoms with Crippen LogP contribution in [0.15, 0.2) is 67.0 Å². The number of amides is 1. The van der Waals surface area contributed by atoms with E-state index in [0.29, 0.717) is 22.8 Å². The zero-order valence-corrected chi connectivity index (χ0v) is 19.4. The van der Waals surface area contributed by atoms with Gasteiger partial charge in [-0.1, -0.05) is 23.2 Å². The Morgan fingerprint density at radius 3 is 2.41 bits per heavy atom. The van der Waals surface area contributed by atoms with Gasteiger partial charge in [-0.15, -0.1) is 0 Å². The van der Waals surface area contributed by atoms with Gasteiger partial charge in [0.2, 0.25) is 0 Å². The molecular formula is C23H19Cl2N3O3S. The van der Waals surface area contributed by atoms with E-state index in [-0.39, 0.29) is 22.3 Å². The van der Waals surface area contributed by atoms with E-state index in [1.807, 2.05) is 12.1 Å². The lowest BCUT2D eigenvalue weighted by Crippen LogP contribution is -2.42. The molecular weight excluding hydrogens is 469 g/mol. The molecule has 164 valence electrons. The van der Waals surface area contributed by atoms with Crippen LogP contribution in [0.5, 0.6) is 0 Å². The van der Waals surface area contributed by atoms with E-state index < -0.39 is 11.9 Å². The second-order valence-corrected chi connectivity index (χ2v) is 7.82. The number of thiocarbonyl (C=S) groups is 1. The number of esters is 1. The highest BCUT2D eigenvalue weighted by atomic mass is 35.5. The van der Waals surface area contributed by atoms with Crippen LogP contribution in [0.2, 0.25) is 10.0 Å². The van der Waals surface area contributed by atoms with Gasteiger partial charge in [-0.25, -0.2) is 4.79 Å². The van der Waals surface area contributed by atoms with Crippen LogP contribution in [0.3, 0.4) is 0 Å². The number of anilines is 1. The SMILES string of the molecule is CCOC(=O)c1ccc(N(Cc2ccncc2)C(=S)NC(=O)c2cc(Cl)ccc2Cl)cc1. The zero-order chi connectivity index (χ0) is 23.1. The first-order valence-electron chi connectivity index (χ1n) is 9.63.